The van der Waals surface area contributed by atoms with Gasteiger partial charge in [0.25, 0.3) is 5.91 Å². The molecule has 0 saturated carbocycles. The van der Waals surface area contributed by atoms with Gasteiger partial charge in [-0.05, 0) is 19.1 Å². The lowest BCUT2D eigenvalue weighted by Gasteiger charge is -2.08. The van der Waals surface area contributed by atoms with Crippen LogP contribution in [0.3, 0.4) is 0 Å². The van der Waals surface area contributed by atoms with E-state index in [1.807, 2.05) is 0 Å². The summed E-state index contributed by atoms with van der Waals surface area (Å²) < 4.78 is 4.54. The van der Waals surface area contributed by atoms with E-state index in [0.29, 0.717) is 11.3 Å². The van der Waals surface area contributed by atoms with Crippen LogP contribution in [0.2, 0.25) is 0 Å². The highest BCUT2D eigenvalue weighted by molar-refractivity contribution is 6.04. The molecule has 1 N–H and O–H groups in total. The number of Topliss-reactive ketones (excluding diaryl/α,β-unsaturated/α-hetero) is 1. The minimum absolute atomic E-state index is 0.145. The van der Waals surface area contributed by atoms with Crippen LogP contribution < -0.4 is 5.32 Å². The second kappa shape index (κ2) is 5.79. The number of carbonyl (C=O) groups is 3. The maximum atomic E-state index is 11.4. The van der Waals surface area contributed by atoms with Gasteiger partial charge in [0.15, 0.2) is 12.4 Å². The number of nitrogens with one attached hydrogen (secondary N) is 1. The van der Waals surface area contributed by atoms with E-state index in [-0.39, 0.29) is 12.4 Å². The van der Waals surface area contributed by atoms with Crippen molar-refractivity contribution in [1.82, 2.24) is 0 Å². The summed E-state index contributed by atoms with van der Waals surface area (Å²) in [5, 5.41) is 2.51. The van der Waals surface area contributed by atoms with E-state index in [2.05, 4.69) is 10.1 Å². The van der Waals surface area contributed by atoms with Crippen LogP contribution >= 0.6 is 0 Å². The first kappa shape index (κ1) is 12.9. The molecule has 0 radical (unpaired) electrons. The topological polar surface area (TPSA) is 72.5 Å². The molecule has 5 heteroatoms. The molecule has 0 aromatic heterocycles. The van der Waals surface area contributed by atoms with Crippen molar-refractivity contribution in [3.05, 3.63) is 29.8 Å². The maximum absolute atomic E-state index is 11.4. The van der Waals surface area contributed by atoms with E-state index < -0.39 is 11.9 Å². The second-order valence-electron chi connectivity index (χ2n) is 3.43. The summed E-state index contributed by atoms with van der Waals surface area (Å²) in [6, 6.07) is 6.64. The quantitative estimate of drug-likeness (QED) is 0.632. The molecule has 0 aliphatic carbocycles. The summed E-state index contributed by atoms with van der Waals surface area (Å²) in [7, 11) is 0. The fraction of sp³-hybridized carbons (Fsp3) is 0.250. The second-order valence-corrected chi connectivity index (χ2v) is 3.43. The molecule has 1 amide bonds. The Morgan fingerprint density at radius 2 is 1.82 bits per heavy atom. The average Bonchev–Trinajstić information content (AvgIpc) is 2.27. The van der Waals surface area contributed by atoms with Crippen molar-refractivity contribution in [2.24, 2.45) is 0 Å². The number of para-hydroxylation sites is 1. The fourth-order valence-electron chi connectivity index (χ4n) is 1.25. The Kier molecular flexibility index (Phi) is 4.39. The van der Waals surface area contributed by atoms with Crippen molar-refractivity contribution in [3.63, 3.8) is 0 Å². The molecule has 0 unspecified atom stereocenters. The molecule has 0 spiro atoms. The highest BCUT2D eigenvalue weighted by atomic mass is 16.5. The third-order valence-corrected chi connectivity index (χ3v) is 1.99. The van der Waals surface area contributed by atoms with Crippen molar-refractivity contribution in [3.8, 4) is 0 Å². The van der Waals surface area contributed by atoms with Gasteiger partial charge in [-0.15, -0.1) is 0 Å². The Bertz CT molecular complexity index is 454. The Hall–Kier alpha value is -2.17. The Labute approximate surface area is 98.8 Å². The molecular weight excluding hydrogens is 222 g/mol. The van der Waals surface area contributed by atoms with Crippen molar-refractivity contribution in [2.45, 2.75) is 13.8 Å². The summed E-state index contributed by atoms with van der Waals surface area (Å²) in [5.41, 5.74) is 0.834. The standard InChI is InChI=1S/C12H13NO4/c1-8(14)10-5-3-4-6-11(10)13-12(16)7-17-9(2)15/h3-6H,7H2,1-2H3,(H,13,16). The lowest BCUT2D eigenvalue weighted by Crippen LogP contribution is -2.20. The van der Waals surface area contributed by atoms with Gasteiger partial charge < -0.3 is 10.1 Å². The SMILES string of the molecule is CC(=O)OCC(=O)Nc1ccccc1C(C)=O. The van der Waals surface area contributed by atoms with Gasteiger partial charge in [-0.2, -0.15) is 0 Å². The van der Waals surface area contributed by atoms with Crippen molar-refractivity contribution < 1.29 is 19.1 Å². The first-order chi connectivity index (χ1) is 8.00. The Morgan fingerprint density at radius 3 is 2.41 bits per heavy atom. The van der Waals surface area contributed by atoms with Gasteiger partial charge in [-0.25, -0.2) is 0 Å². The number of hydrogen-bond donors (Lipinski definition) is 1. The summed E-state index contributed by atoms with van der Waals surface area (Å²) in [6.45, 7) is 2.27. The molecule has 90 valence electrons. The first-order valence-electron chi connectivity index (χ1n) is 5.04. The van der Waals surface area contributed by atoms with E-state index in [1.54, 1.807) is 24.3 Å². The number of carbonyl (C=O) groups excluding carboxylic acids is 3. The monoisotopic (exact) mass is 235 g/mol. The predicted molar refractivity (Wildman–Crippen MR) is 61.7 cm³/mol. The molecule has 0 aliphatic rings. The molecule has 0 heterocycles. The minimum atomic E-state index is -0.528. The highest BCUT2D eigenvalue weighted by Gasteiger charge is 2.10. The van der Waals surface area contributed by atoms with Crippen LogP contribution in [0.25, 0.3) is 0 Å². The molecule has 0 fully saturated rings. The fourth-order valence-corrected chi connectivity index (χ4v) is 1.25. The van der Waals surface area contributed by atoms with Gasteiger partial charge in [0, 0.05) is 12.5 Å². The number of esters is 1. The average molecular weight is 235 g/mol. The largest absolute Gasteiger partial charge is 0.456 e. The molecule has 0 saturated heterocycles. The zero-order valence-corrected chi connectivity index (χ0v) is 9.65. The van der Waals surface area contributed by atoms with E-state index in [1.165, 1.54) is 13.8 Å². The van der Waals surface area contributed by atoms with Crippen LogP contribution in [0.5, 0.6) is 0 Å². The number of amides is 1. The molecular formula is C12H13NO4. The zero-order chi connectivity index (χ0) is 12.8. The molecule has 1 aromatic rings. The third-order valence-electron chi connectivity index (χ3n) is 1.99. The number of anilines is 1. The highest BCUT2D eigenvalue weighted by Crippen LogP contribution is 2.15. The van der Waals surface area contributed by atoms with Crippen LogP contribution in [0, 0.1) is 0 Å². The van der Waals surface area contributed by atoms with Crippen molar-refractivity contribution in [1.29, 1.82) is 0 Å². The minimum Gasteiger partial charge on any atom is -0.456 e. The predicted octanol–water partition coefficient (Wildman–Crippen LogP) is 1.39. The Balaban J connectivity index is 2.71. The normalized spacial score (nSPS) is 9.53. The van der Waals surface area contributed by atoms with Crippen molar-refractivity contribution >= 4 is 23.3 Å². The van der Waals surface area contributed by atoms with Gasteiger partial charge in [0.05, 0.1) is 5.69 Å². The van der Waals surface area contributed by atoms with E-state index in [0.717, 1.165) is 0 Å². The van der Waals surface area contributed by atoms with Gasteiger partial charge in [0.1, 0.15) is 0 Å². The lowest BCUT2D eigenvalue weighted by atomic mass is 10.1. The van der Waals surface area contributed by atoms with Crippen LogP contribution in [0.4, 0.5) is 5.69 Å². The molecule has 17 heavy (non-hydrogen) atoms. The lowest BCUT2D eigenvalue weighted by molar-refractivity contribution is -0.144. The summed E-state index contributed by atoms with van der Waals surface area (Å²) >= 11 is 0. The number of ether oxygens (including phenoxy) is 1. The van der Waals surface area contributed by atoms with Crippen LogP contribution in [-0.4, -0.2) is 24.3 Å². The van der Waals surface area contributed by atoms with Gasteiger partial charge in [-0.3, -0.25) is 14.4 Å². The maximum Gasteiger partial charge on any atom is 0.303 e. The van der Waals surface area contributed by atoms with Crippen LogP contribution in [0.1, 0.15) is 24.2 Å². The smallest absolute Gasteiger partial charge is 0.303 e. The number of ketones is 1. The Morgan fingerprint density at radius 1 is 1.18 bits per heavy atom. The number of benzene rings is 1. The van der Waals surface area contributed by atoms with E-state index >= 15 is 0 Å². The number of rotatable bonds is 4. The van der Waals surface area contributed by atoms with Gasteiger partial charge in [0.2, 0.25) is 0 Å². The third kappa shape index (κ3) is 4.06. The summed E-state index contributed by atoms with van der Waals surface area (Å²) in [5.74, 6) is -1.15. The summed E-state index contributed by atoms with van der Waals surface area (Å²) in [4.78, 5) is 33.2. The molecule has 0 atom stereocenters. The number of hydrogen-bond acceptors (Lipinski definition) is 4. The first-order valence-corrected chi connectivity index (χ1v) is 5.04. The molecule has 0 bridgehead atoms. The van der Waals surface area contributed by atoms with Crippen molar-refractivity contribution in [2.75, 3.05) is 11.9 Å². The van der Waals surface area contributed by atoms with E-state index in [4.69, 9.17) is 0 Å². The molecule has 1 rings (SSSR count). The molecule has 1 aromatic carbocycles. The van der Waals surface area contributed by atoms with E-state index in [9.17, 15) is 14.4 Å². The van der Waals surface area contributed by atoms with Gasteiger partial charge in [-0.1, -0.05) is 12.1 Å². The zero-order valence-electron chi connectivity index (χ0n) is 9.65. The van der Waals surface area contributed by atoms with Gasteiger partial charge >= 0.3 is 5.97 Å². The molecule has 5 nitrogen and oxygen atoms in total. The van der Waals surface area contributed by atoms with Crippen LogP contribution in [0.15, 0.2) is 24.3 Å². The summed E-state index contributed by atoms with van der Waals surface area (Å²) in [6.07, 6.45) is 0. The van der Waals surface area contributed by atoms with Crippen LogP contribution in [-0.2, 0) is 14.3 Å². The molecule has 0 aliphatic heterocycles.